The van der Waals surface area contributed by atoms with E-state index in [4.69, 9.17) is 14.2 Å². The maximum Gasteiger partial charge on any atom is 0.261 e. The highest BCUT2D eigenvalue weighted by atomic mass is 19.1. The van der Waals surface area contributed by atoms with Crippen molar-refractivity contribution in [3.05, 3.63) is 101 Å². The number of carbonyl (C=O) groups is 1. The molecule has 0 saturated heterocycles. The largest absolute Gasteiger partial charge is 0.491 e. The first-order chi connectivity index (χ1) is 19.8. The molecule has 3 heterocycles. The number of nitrogens with one attached hydrogen (secondary N) is 2. The summed E-state index contributed by atoms with van der Waals surface area (Å²) in [6, 6.07) is 12.3. The van der Waals surface area contributed by atoms with Crippen molar-refractivity contribution in [1.82, 2.24) is 14.6 Å². The number of anilines is 1. The van der Waals surface area contributed by atoms with Crippen molar-refractivity contribution < 1.29 is 27.8 Å². The average molecular weight is 560 g/mol. The molecule has 2 N–H and O–H groups in total. The van der Waals surface area contributed by atoms with Gasteiger partial charge in [0.05, 0.1) is 19.7 Å². The predicted molar refractivity (Wildman–Crippen MR) is 148 cm³/mol. The second-order valence-corrected chi connectivity index (χ2v) is 8.63. The molecule has 0 aliphatic heterocycles. The fourth-order valence-electron chi connectivity index (χ4n) is 4.07. The van der Waals surface area contributed by atoms with Gasteiger partial charge < -0.3 is 25.0 Å². The van der Waals surface area contributed by atoms with E-state index in [1.165, 1.54) is 80.0 Å². The minimum atomic E-state index is -0.777. The summed E-state index contributed by atoms with van der Waals surface area (Å²) in [5.41, 5.74) is 3.50. The zero-order valence-corrected chi connectivity index (χ0v) is 22.1. The van der Waals surface area contributed by atoms with Crippen LogP contribution < -0.4 is 30.4 Å². The first kappa shape index (κ1) is 27.1. The van der Waals surface area contributed by atoms with Crippen molar-refractivity contribution in [2.75, 3.05) is 32.0 Å². The summed E-state index contributed by atoms with van der Waals surface area (Å²) in [5.74, 6) is -1.33. The fourth-order valence-corrected chi connectivity index (χ4v) is 4.07. The molecule has 5 aromatic rings. The normalized spacial score (nSPS) is 10.8. The van der Waals surface area contributed by atoms with Crippen molar-refractivity contribution in [1.29, 1.82) is 0 Å². The Hall–Kier alpha value is -5.52. The van der Waals surface area contributed by atoms with Crippen molar-refractivity contribution in [3.63, 3.8) is 0 Å². The van der Waals surface area contributed by atoms with Crippen LogP contribution in [0.2, 0.25) is 0 Å². The van der Waals surface area contributed by atoms with Crippen LogP contribution in [0, 0.1) is 11.6 Å². The van der Waals surface area contributed by atoms with Gasteiger partial charge in [-0.15, -0.1) is 0 Å². The Kier molecular flexibility index (Phi) is 7.46. The number of aromatic nitrogens is 3. The number of nitrogens with zero attached hydrogens (tertiary/aromatic N) is 3. The van der Waals surface area contributed by atoms with E-state index in [0.717, 1.165) is 6.07 Å². The molecule has 0 atom stereocenters. The van der Waals surface area contributed by atoms with Gasteiger partial charge in [0, 0.05) is 55.1 Å². The van der Waals surface area contributed by atoms with Crippen molar-refractivity contribution in [3.8, 4) is 34.3 Å². The third kappa shape index (κ3) is 5.48. The monoisotopic (exact) mass is 559 g/mol. The number of carbonyl (C=O) groups excluding carboxylic acids is 1. The maximum absolute atomic E-state index is 15.1. The SMILES string of the molecule is CNn1cc(C(=O)Nc2ccc(Oc3ccnc4cc(OC)c(OC)nc34)c(F)c2)c(=O)c(-c2ccc(F)cc2)c1. The van der Waals surface area contributed by atoms with E-state index in [0.29, 0.717) is 22.3 Å². The molecule has 0 radical (unpaired) electrons. The molecule has 1 amide bonds. The number of fused-ring (bicyclic) bond motifs is 1. The van der Waals surface area contributed by atoms with Crippen LogP contribution in [0.1, 0.15) is 10.4 Å². The Balaban J connectivity index is 1.41. The number of ether oxygens (including phenoxy) is 3. The van der Waals surface area contributed by atoms with E-state index in [-0.39, 0.29) is 34.2 Å². The van der Waals surface area contributed by atoms with Crippen LogP contribution in [-0.2, 0) is 0 Å². The summed E-state index contributed by atoms with van der Waals surface area (Å²) in [4.78, 5) is 34.9. The molecule has 3 aromatic heterocycles. The van der Waals surface area contributed by atoms with E-state index in [1.54, 1.807) is 13.1 Å². The molecule has 10 nitrogen and oxygen atoms in total. The number of hydrogen-bond donors (Lipinski definition) is 2. The van der Waals surface area contributed by atoms with E-state index in [9.17, 15) is 14.0 Å². The van der Waals surface area contributed by atoms with Crippen LogP contribution in [-0.4, -0.2) is 41.8 Å². The predicted octanol–water partition coefficient (Wildman–Crippen LogP) is 4.97. The van der Waals surface area contributed by atoms with Gasteiger partial charge in [0.25, 0.3) is 11.8 Å². The number of halogens is 2. The van der Waals surface area contributed by atoms with E-state index >= 15 is 4.39 Å². The van der Waals surface area contributed by atoms with Gasteiger partial charge in [-0.3, -0.25) is 19.2 Å². The van der Waals surface area contributed by atoms with Crippen LogP contribution in [0.4, 0.5) is 14.5 Å². The van der Waals surface area contributed by atoms with E-state index in [2.05, 4.69) is 20.7 Å². The molecule has 0 saturated carbocycles. The third-order valence-corrected chi connectivity index (χ3v) is 6.11. The lowest BCUT2D eigenvalue weighted by molar-refractivity contribution is 0.102. The molecule has 0 unspecified atom stereocenters. The number of benzene rings is 2. The summed E-state index contributed by atoms with van der Waals surface area (Å²) in [7, 11) is 4.51. The minimum absolute atomic E-state index is 0.0894. The molecule has 2 aromatic carbocycles. The summed E-state index contributed by atoms with van der Waals surface area (Å²) >= 11 is 0. The zero-order chi connectivity index (χ0) is 29.1. The first-order valence-electron chi connectivity index (χ1n) is 12.2. The van der Waals surface area contributed by atoms with Gasteiger partial charge >= 0.3 is 0 Å². The summed E-state index contributed by atoms with van der Waals surface area (Å²) in [6.07, 6.45) is 4.28. The second-order valence-electron chi connectivity index (χ2n) is 8.63. The Bertz CT molecular complexity index is 1830. The van der Waals surface area contributed by atoms with Gasteiger partial charge in [0.2, 0.25) is 5.43 Å². The fraction of sp³-hybridized carbons (Fsp3) is 0.103. The molecule has 0 bridgehead atoms. The third-order valence-electron chi connectivity index (χ3n) is 6.11. The Morgan fingerprint density at radius 3 is 2.39 bits per heavy atom. The van der Waals surface area contributed by atoms with Gasteiger partial charge in [0.15, 0.2) is 23.1 Å². The van der Waals surface area contributed by atoms with Crippen LogP contribution in [0.5, 0.6) is 23.1 Å². The van der Waals surface area contributed by atoms with Crippen LogP contribution >= 0.6 is 0 Å². The molecule has 0 fully saturated rings. The lowest BCUT2D eigenvalue weighted by atomic mass is 10.0. The van der Waals surface area contributed by atoms with Crippen LogP contribution in [0.25, 0.3) is 22.2 Å². The number of hydrogen-bond acceptors (Lipinski definition) is 8. The van der Waals surface area contributed by atoms with E-state index in [1.807, 2.05) is 0 Å². The van der Waals surface area contributed by atoms with Gasteiger partial charge in [-0.05, 0) is 29.8 Å². The molecule has 0 aliphatic rings. The number of methoxy groups -OCH3 is 2. The number of rotatable bonds is 8. The highest BCUT2D eigenvalue weighted by Crippen LogP contribution is 2.35. The molecule has 208 valence electrons. The maximum atomic E-state index is 15.1. The number of amides is 1. The van der Waals surface area contributed by atoms with Crippen LogP contribution in [0.3, 0.4) is 0 Å². The molecular weight excluding hydrogens is 536 g/mol. The standard InChI is InChI=1S/C29H23F2N5O5/c1-32-36-14-19(16-4-6-17(30)7-5-16)27(37)20(15-36)28(38)34-18-8-9-23(21(31)12-18)41-24-10-11-33-22-13-25(39-2)29(40-3)35-26(22)24/h4-15,32H,1-3H3,(H,34,38). The van der Waals surface area contributed by atoms with Gasteiger partial charge in [0.1, 0.15) is 16.9 Å². The Morgan fingerprint density at radius 1 is 0.927 bits per heavy atom. The van der Waals surface area contributed by atoms with Gasteiger partial charge in [-0.25, -0.2) is 13.8 Å². The summed E-state index contributed by atoms with van der Waals surface area (Å²) in [6.45, 7) is 0. The van der Waals surface area contributed by atoms with Crippen molar-refractivity contribution in [2.24, 2.45) is 0 Å². The van der Waals surface area contributed by atoms with Gasteiger partial charge in [-0.1, -0.05) is 12.1 Å². The summed E-state index contributed by atoms with van der Waals surface area (Å²) < 4.78 is 46.2. The quantitative estimate of drug-likeness (QED) is 0.274. The van der Waals surface area contributed by atoms with Crippen molar-refractivity contribution >= 4 is 22.6 Å². The van der Waals surface area contributed by atoms with Crippen molar-refractivity contribution in [2.45, 2.75) is 0 Å². The lowest BCUT2D eigenvalue weighted by Crippen LogP contribution is -2.26. The van der Waals surface area contributed by atoms with Crippen LogP contribution in [0.15, 0.2) is 78.0 Å². The molecule has 0 aliphatic carbocycles. The molecule has 5 rings (SSSR count). The number of pyridine rings is 3. The lowest BCUT2D eigenvalue weighted by Gasteiger charge is -2.13. The van der Waals surface area contributed by atoms with Gasteiger partial charge in [-0.2, -0.15) is 0 Å². The highest BCUT2D eigenvalue weighted by Gasteiger charge is 2.18. The topological polar surface area (TPSA) is 117 Å². The average Bonchev–Trinajstić information content (AvgIpc) is 2.98. The highest BCUT2D eigenvalue weighted by molar-refractivity contribution is 6.04. The second kappa shape index (κ2) is 11.3. The first-order valence-corrected chi connectivity index (χ1v) is 12.2. The Morgan fingerprint density at radius 2 is 1.71 bits per heavy atom. The minimum Gasteiger partial charge on any atom is -0.491 e. The smallest absolute Gasteiger partial charge is 0.261 e. The zero-order valence-electron chi connectivity index (χ0n) is 22.1. The molecular formula is C29H23F2N5O5. The molecule has 0 spiro atoms. The summed E-state index contributed by atoms with van der Waals surface area (Å²) in [5, 5.41) is 2.54. The Labute approximate surface area is 232 Å². The molecule has 12 heteroatoms. The van der Waals surface area contributed by atoms with E-state index < -0.39 is 23.0 Å². The molecule has 41 heavy (non-hydrogen) atoms.